The minimum atomic E-state index is -3.66. The zero-order valence-electron chi connectivity index (χ0n) is 16.2. The Hall–Kier alpha value is -2.29. The molecule has 0 spiro atoms. The molecule has 1 aliphatic rings. The van der Waals surface area contributed by atoms with E-state index in [1.165, 1.54) is 6.33 Å². The van der Waals surface area contributed by atoms with E-state index in [4.69, 9.17) is 13.8 Å². The Labute approximate surface area is 174 Å². The lowest BCUT2D eigenvalue weighted by molar-refractivity contribution is 0.0842. The van der Waals surface area contributed by atoms with Crippen molar-refractivity contribution >= 4 is 33.2 Å². The van der Waals surface area contributed by atoms with E-state index in [2.05, 4.69) is 25.0 Å². The Morgan fingerprint density at radius 2 is 2.20 bits per heavy atom. The molecular weight excluding hydrogens is 430 g/mol. The first-order valence-corrected chi connectivity index (χ1v) is 12.0. The van der Waals surface area contributed by atoms with Crippen molar-refractivity contribution < 1.29 is 22.9 Å². The Bertz CT molecular complexity index is 1070. The molecule has 11 nitrogen and oxygen atoms in total. The van der Waals surface area contributed by atoms with Gasteiger partial charge in [-0.3, -0.25) is 19.1 Å². The van der Waals surface area contributed by atoms with Gasteiger partial charge in [0.25, 0.3) is 0 Å². The number of rotatable bonds is 8. The molecular formula is C17H21N6O5P2+. The Kier molecular flexibility index (Phi) is 6.46. The number of aromatic nitrogens is 5. The number of nitrogens with one attached hydrogen (secondary N) is 1. The lowest BCUT2D eigenvalue weighted by Gasteiger charge is -2.29. The molecule has 4 atom stereocenters. The molecule has 0 aliphatic carbocycles. The average Bonchev–Trinajstić information content (AvgIpc) is 3.16. The molecule has 3 aromatic heterocycles. The molecule has 0 aromatic carbocycles. The smallest absolute Gasteiger partial charge is 0.333 e. The number of pyridine rings is 1. The number of nitrogens with zero attached hydrogens (tertiary/aromatic N) is 5. The van der Waals surface area contributed by atoms with Crippen LogP contribution in [0.1, 0.15) is 25.0 Å². The molecule has 1 N–H and O–H groups in total. The molecule has 4 rings (SSSR count). The van der Waals surface area contributed by atoms with Crippen LogP contribution in [0, 0.1) is 0 Å². The number of hydrogen-bond acceptors (Lipinski definition) is 9. The summed E-state index contributed by atoms with van der Waals surface area (Å²) >= 11 is 0. The van der Waals surface area contributed by atoms with E-state index in [-0.39, 0.29) is 31.0 Å². The number of anilines is 1. The van der Waals surface area contributed by atoms with Gasteiger partial charge in [-0.1, -0.05) is 4.57 Å². The third-order valence-electron chi connectivity index (χ3n) is 4.51. The van der Waals surface area contributed by atoms with E-state index in [1.54, 1.807) is 23.3 Å². The van der Waals surface area contributed by atoms with Crippen molar-refractivity contribution in [2.24, 2.45) is 0 Å². The fourth-order valence-electron chi connectivity index (χ4n) is 3.13. The van der Waals surface area contributed by atoms with Gasteiger partial charge in [-0.05, 0) is 24.6 Å². The van der Waals surface area contributed by atoms with Crippen molar-refractivity contribution in [3.8, 4) is 0 Å². The first-order chi connectivity index (χ1) is 14.6. The number of ether oxygens (including phenoxy) is 1. The Balaban J connectivity index is 1.53. The predicted molar refractivity (Wildman–Crippen MR) is 110 cm³/mol. The maximum absolute atomic E-state index is 13.2. The summed E-state index contributed by atoms with van der Waals surface area (Å²) in [4.78, 5) is 16.8. The average molecular weight is 451 g/mol. The minimum Gasteiger partial charge on any atom is -0.333 e. The van der Waals surface area contributed by atoms with Crippen molar-refractivity contribution in [1.29, 1.82) is 0 Å². The maximum atomic E-state index is 13.2. The molecule has 1 fully saturated rings. The van der Waals surface area contributed by atoms with E-state index in [0.29, 0.717) is 24.1 Å². The summed E-state index contributed by atoms with van der Waals surface area (Å²) in [6.07, 6.45) is 6.46. The van der Waals surface area contributed by atoms with Crippen LogP contribution in [-0.4, -0.2) is 43.6 Å². The van der Waals surface area contributed by atoms with E-state index < -0.39 is 16.2 Å². The van der Waals surface area contributed by atoms with Crippen molar-refractivity contribution in [3.63, 3.8) is 0 Å². The molecule has 30 heavy (non-hydrogen) atoms. The fraction of sp³-hybridized carbons (Fsp3) is 0.412. The van der Waals surface area contributed by atoms with Crippen LogP contribution in [0.2, 0.25) is 0 Å². The van der Waals surface area contributed by atoms with Crippen LogP contribution in [0.4, 0.5) is 5.82 Å². The lowest BCUT2D eigenvalue weighted by atomic mass is 10.1. The zero-order valence-corrected chi connectivity index (χ0v) is 18.1. The van der Waals surface area contributed by atoms with Gasteiger partial charge in [0.15, 0.2) is 17.0 Å². The predicted octanol–water partition coefficient (Wildman–Crippen LogP) is 3.31. The summed E-state index contributed by atoms with van der Waals surface area (Å²) in [5.41, 5.74) is 1.85. The van der Waals surface area contributed by atoms with Gasteiger partial charge in [-0.2, -0.15) is 0 Å². The van der Waals surface area contributed by atoms with Crippen molar-refractivity contribution in [1.82, 2.24) is 24.5 Å². The molecule has 0 saturated carbocycles. The molecule has 0 radical (unpaired) electrons. The molecule has 4 heterocycles. The van der Waals surface area contributed by atoms with Gasteiger partial charge >= 0.3 is 16.2 Å². The van der Waals surface area contributed by atoms with Gasteiger partial charge in [0.05, 0.1) is 31.7 Å². The zero-order chi connectivity index (χ0) is 21.0. The quantitative estimate of drug-likeness (QED) is 0.509. The minimum absolute atomic E-state index is 0.173. The van der Waals surface area contributed by atoms with Gasteiger partial charge in [-0.25, -0.2) is 19.5 Å². The van der Waals surface area contributed by atoms with Crippen LogP contribution in [0.25, 0.3) is 11.2 Å². The third-order valence-corrected chi connectivity index (χ3v) is 6.33. The topological polar surface area (TPSA) is 130 Å². The number of imidazole rings is 1. The second-order valence-corrected chi connectivity index (χ2v) is 8.93. The van der Waals surface area contributed by atoms with Gasteiger partial charge in [-0.15, -0.1) is 0 Å². The van der Waals surface area contributed by atoms with Crippen molar-refractivity contribution in [2.45, 2.75) is 32.1 Å². The monoisotopic (exact) mass is 451 g/mol. The molecule has 13 heteroatoms. The van der Waals surface area contributed by atoms with E-state index in [0.717, 1.165) is 5.56 Å². The second kappa shape index (κ2) is 9.24. The van der Waals surface area contributed by atoms with Crippen molar-refractivity contribution in [2.75, 3.05) is 18.0 Å². The standard InChI is InChI=1S/C17H20N6O5P2/c1-12(26-11-29-24)8-23-10-21-15-16(19-9-20-17(15)23)22-30(25)27-7-4-14(28-30)13-2-5-18-6-3-13/h2-3,5-6,9-10,12,14H,4,7-8,11H2,1H3,(H,19,20,22,25)/p+1/t12-,14?,30?/m1/s1. The first-order valence-electron chi connectivity index (χ1n) is 9.31. The number of fused-ring (bicyclic) bond motifs is 1. The molecule has 0 bridgehead atoms. The second-order valence-electron chi connectivity index (χ2n) is 6.66. The third kappa shape index (κ3) is 4.71. The van der Waals surface area contributed by atoms with Crippen LogP contribution in [0.5, 0.6) is 0 Å². The summed E-state index contributed by atoms with van der Waals surface area (Å²) < 4.78 is 42.3. The summed E-state index contributed by atoms with van der Waals surface area (Å²) in [6, 6.07) is 3.64. The van der Waals surface area contributed by atoms with Crippen LogP contribution in [0.3, 0.4) is 0 Å². The highest BCUT2D eigenvalue weighted by Crippen LogP contribution is 2.55. The number of hydrogen-bond donors (Lipinski definition) is 1. The highest BCUT2D eigenvalue weighted by atomic mass is 31.2. The highest BCUT2D eigenvalue weighted by Gasteiger charge is 2.36. The Morgan fingerprint density at radius 3 is 3.00 bits per heavy atom. The van der Waals surface area contributed by atoms with Gasteiger partial charge in [0.2, 0.25) is 6.35 Å². The summed E-state index contributed by atoms with van der Waals surface area (Å²) in [5.74, 6) is 0.257. The molecule has 158 valence electrons. The van der Waals surface area contributed by atoms with Gasteiger partial charge in [0.1, 0.15) is 6.33 Å². The van der Waals surface area contributed by atoms with Crippen LogP contribution < -0.4 is 5.09 Å². The van der Waals surface area contributed by atoms with Crippen molar-refractivity contribution in [3.05, 3.63) is 42.7 Å². The van der Waals surface area contributed by atoms with E-state index in [1.807, 2.05) is 19.1 Å². The first kappa shape index (κ1) is 21.0. The van der Waals surface area contributed by atoms with E-state index in [9.17, 15) is 9.13 Å². The largest absolute Gasteiger partial charge is 0.434 e. The summed E-state index contributed by atoms with van der Waals surface area (Å²) in [7, 11) is -4.17. The Morgan fingerprint density at radius 1 is 1.37 bits per heavy atom. The SMILES string of the molecule is C[C@H](Cn1cnc2c(NP3(=O)OCCC(c4ccncc4)O3)ncnc21)OC[PH+]=O. The van der Waals surface area contributed by atoms with Crippen LogP contribution in [-0.2, 0) is 29.5 Å². The molecule has 0 amide bonds. The van der Waals surface area contributed by atoms with Crippen LogP contribution >= 0.6 is 16.2 Å². The van der Waals surface area contributed by atoms with Gasteiger partial charge < -0.3 is 9.30 Å². The molecule has 1 aliphatic heterocycles. The highest BCUT2D eigenvalue weighted by molar-refractivity contribution is 7.55. The normalized spacial score (nSPS) is 22.9. The summed E-state index contributed by atoms with van der Waals surface area (Å²) in [5, 5.41) is 2.80. The summed E-state index contributed by atoms with van der Waals surface area (Å²) in [6.45, 7) is 2.61. The molecule has 3 aromatic rings. The molecule has 3 unspecified atom stereocenters. The maximum Gasteiger partial charge on any atom is 0.434 e. The lowest BCUT2D eigenvalue weighted by Crippen LogP contribution is -2.18. The van der Waals surface area contributed by atoms with E-state index >= 15 is 0 Å². The molecule has 1 saturated heterocycles. The van der Waals surface area contributed by atoms with Gasteiger partial charge in [0, 0.05) is 18.8 Å². The fourth-order valence-corrected chi connectivity index (χ4v) is 4.99. The van der Waals surface area contributed by atoms with Crippen LogP contribution in [0.15, 0.2) is 37.2 Å².